The lowest BCUT2D eigenvalue weighted by Crippen LogP contribution is -2.15. The fourth-order valence-electron chi connectivity index (χ4n) is 2.02. The number of rotatable bonds is 4. The molecule has 0 atom stereocenters. The molecule has 0 fully saturated rings. The van der Waals surface area contributed by atoms with E-state index >= 15 is 0 Å². The second-order valence-corrected chi connectivity index (χ2v) is 5.35. The van der Waals surface area contributed by atoms with Crippen LogP contribution >= 0.6 is 11.8 Å². The average Bonchev–Trinajstić information content (AvgIpc) is 2.53. The molecule has 0 bridgehead atoms. The van der Waals surface area contributed by atoms with Gasteiger partial charge in [-0.3, -0.25) is 4.79 Å². The van der Waals surface area contributed by atoms with E-state index in [0.29, 0.717) is 0 Å². The van der Waals surface area contributed by atoms with Crippen molar-refractivity contribution in [3.8, 4) is 23.1 Å². The van der Waals surface area contributed by atoms with Crippen LogP contribution in [0.1, 0.15) is 18.1 Å². The second-order valence-electron chi connectivity index (χ2n) is 4.55. The van der Waals surface area contributed by atoms with Crippen LogP contribution in [0.4, 0.5) is 13.2 Å². The van der Waals surface area contributed by atoms with Crippen LogP contribution in [0, 0.1) is 11.3 Å². The minimum Gasteiger partial charge on any atom is -0.493 e. The minimum absolute atomic E-state index is 0.0513. The van der Waals surface area contributed by atoms with Crippen molar-refractivity contribution >= 4 is 11.8 Å². The number of thioether (sulfide) groups is 1. The van der Waals surface area contributed by atoms with E-state index in [0.717, 1.165) is 30.0 Å². The van der Waals surface area contributed by atoms with Crippen molar-refractivity contribution in [2.75, 3.05) is 12.9 Å². The van der Waals surface area contributed by atoms with Gasteiger partial charge in [-0.2, -0.15) is 18.4 Å². The summed E-state index contributed by atoms with van der Waals surface area (Å²) in [5, 5.41) is 9.38. The number of halogens is 3. The summed E-state index contributed by atoms with van der Waals surface area (Å²) >= 11 is 1.10. The highest BCUT2D eigenvalue weighted by atomic mass is 32.2. The number of ether oxygens (including phenoxy) is 1. The number of nitrogens with one attached hydrogen (secondary N) is 1. The number of nitriles is 1. The van der Waals surface area contributed by atoms with Crippen molar-refractivity contribution in [3.05, 3.63) is 39.7 Å². The monoisotopic (exact) mass is 355 g/mol. The van der Waals surface area contributed by atoms with E-state index in [2.05, 4.69) is 9.97 Å². The van der Waals surface area contributed by atoms with E-state index in [1.807, 2.05) is 0 Å². The fourth-order valence-corrected chi connectivity index (χ4v) is 2.40. The third-order valence-electron chi connectivity index (χ3n) is 3.06. The Hall–Kier alpha value is -2.47. The molecule has 2 aromatic rings. The van der Waals surface area contributed by atoms with Crippen molar-refractivity contribution in [2.24, 2.45) is 0 Å². The van der Waals surface area contributed by atoms with Gasteiger partial charge in [-0.05, 0) is 31.4 Å². The van der Waals surface area contributed by atoms with Gasteiger partial charge in [0.25, 0.3) is 5.56 Å². The van der Waals surface area contributed by atoms with Gasteiger partial charge in [-0.15, -0.1) is 0 Å². The Morgan fingerprint density at radius 1 is 1.42 bits per heavy atom. The van der Waals surface area contributed by atoms with Crippen LogP contribution in [-0.2, 0) is 6.18 Å². The Balaban J connectivity index is 2.81. The maximum atomic E-state index is 13.0. The molecular formula is C15H12F3N3O2S. The molecule has 0 aliphatic carbocycles. The van der Waals surface area contributed by atoms with E-state index in [9.17, 15) is 23.2 Å². The van der Waals surface area contributed by atoms with Crippen LogP contribution in [0.5, 0.6) is 5.75 Å². The third-order valence-corrected chi connectivity index (χ3v) is 3.64. The lowest BCUT2D eigenvalue weighted by Gasteiger charge is -2.14. The molecular weight excluding hydrogens is 343 g/mol. The van der Waals surface area contributed by atoms with Crippen LogP contribution in [0.3, 0.4) is 0 Å². The molecule has 0 unspecified atom stereocenters. The van der Waals surface area contributed by atoms with Crippen molar-refractivity contribution < 1.29 is 17.9 Å². The maximum absolute atomic E-state index is 13.0. The van der Waals surface area contributed by atoms with E-state index in [4.69, 9.17) is 4.74 Å². The largest absolute Gasteiger partial charge is 0.493 e. The first-order valence-corrected chi connectivity index (χ1v) is 7.97. The summed E-state index contributed by atoms with van der Waals surface area (Å²) in [6, 6.07) is 4.56. The molecule has 1 aromatic carbocycles. The van der Waals surface area contributed by atoms with Gasteiger partial charge in [0.1, 0.15) is 23.1 Å². The van der Waals surface area contributed by atoms with E-state index in [1.165, 1.54) is 0 Å². The molecule has 1 heterocycles. The molecule has 5 nitrogen and oxygen atoms in total. The van der Waals surface area contributed by atoms with Crippen LogP contribution in [-0.4, -0.2) is 22.8 Å². The Kier molecular flexibility index (Phi) is 5.19. The van der Waals surface area contributed by atoms with Crippen molar-refractivity contribution in [1.29, 1.82) is 5.26 Å². The number of hydrogen-bond donors (Lipinski definition) is 1. The summed E-state index contributed by atoms with van der Waals surface area (Å²) in [6.45, 7) is 1.88. The van der Waals surface area contributed by atoms with Gasteiger partial charge in [-0.1, -0.05) is 11.8 Å². The Morgan fingerprint density at radius 2 is 2.12 bits per heavy atom. The smallest absolute Gasteiger partial charge is 0.416 e. The lowest BCUT2D eigenvalue weighted by molar-refractivity contribution is -0.137. The predicted octanol–water partition coefficient (Wildman–Crippen LogP) is 3.45. The van der Waals surface area contributed by atoms with E-state index < -0.39 is 17.3 Å². The zero-order valence-corrected chi connectivity index (χ0v) is 13.5. The molecule has 9 heteroatoms. The van der Waals surface area contributed by atoms with E-state index in [-0.39, 0.29) is 34.3 Å². The van der Waals surface area contributed by atoms with Gasteiger partial charge in [0, 0.05) is 5.56 Å². The van der Waals surface area contributed by atoms with Gasteiger partial charge >= 0.3 is 6.18 Å². The molecule has 0 amide bonds. The Labute approximate surface area is 139 Å². The number of aromatic nitrogens is 2. The van der Waals surface area contributed by atoms with Crippen LogP contribution in [0.25, 0.3) is 11.3 Å². The SMILES string of the molecule is CCOc1ccc(C(F)(F)F)cc1-c1nc(SC)[nH]c(=O)c1C#N. The van der Waals surface area contributed by atoms with Gasteiger partial charge in [0.2, 0.25) is 0 Å². The van der Waals surface area contributed by atoms with Crippen LogP contribution in [0.15, 0.2) is 28.2 Å². The lowest BCUT2D eigenvalue weighted by atomic mass is 10.0. The summed E-state index contributed by atoms with van der Waals surface area (Å²) in [5.41, 5.74) is -2.19. The van der Waals surface area contributed by atoms with Crippen molar-refractivity contribution in [3.63, 3.8) is 0 Å². The zero-order valence-electron chi connectivity index (χ0n) is 12.7. The highest BCUT2D eigenvalue weighted by Gasteiger charge is 2.32. The molecule has 1 aromatic heterocycles. The van der Waals surface area contributed by atoms with Gasteiger partial charge in [0.15, 0.2) is 5.16 Å². The Bertz CT molecular complexity index is 857. The van der Waals surface area contributed by atoms with E-state index in [1.54, 1.807) is 19.2 Å². The number of aromatic amines is 1. The highest BCUT2D eigenvalue weighted by Crippen LogP contribution is 2.37. The van der Waals surface area contributed by atoms with Crippen molar-refractivity contribution in [2.45, 2.75) is 18.3 Å². The topological polar surface area (TPSA) is 78.8 Å². The first-order chi connectivity index (χ1) is 11.3. The molecule has 0 saturated carbocycles. The quantitative estimate of drug-likeness (QED) is 0.671. The molecule has 0 aliphatic heterocycles. The molecule has 2 rings (SSSR count). The number of H-pyrrole nitrogens is 1. The molecule has 0 radical (unpaired) electrons. The summed E-state index contributed by atoms with van der Waals surface area (Å²) in [6.07, 6.45) is -2.93. The van der Waals surface area contributed by atoms with Gasteiger partial charge in [0.05, 0.1) is 12.2 Å². The number of alkyl halides is 3. The fraction of sp³-hybridized carbons (Fsp3) is 0.267. The van der Waals surface area contributed by atoms with Crippen LogP contribution < -0.4 is 10.3 Å². The zero-order chi connectivity index (χ0) is 17.9. The molecule has 24 heavy (non-hydrogen) atoms. The average molecular weight is 355 g/mol. The normalized spacial score (nSPS) is 11.2. The summed E-state index contributed by atoms with van der Waals surface area (Å²) in [5.74, 6) is 0.118. The molecule has 1 N–H and O–H groups in total. The first-order valence-electron chi connectivity index (χ1n) is 6.74. The molecule has 126 valence electrons. The second kappa shape index (κ2) is 6.97. The number of hydrogen-bond acceptors (Lipinski definition) is 5. The summed E-state index contributed by atoms with van der Waals surface area (Å²) in [4.78, 5) is 18.5. The van der Waals surface area contributed by atoms with Crippen molar-refractivity contribution in [1.82, 2.24) is 9.97 Å². The predicted molar refractivity (Wildman–Crippen MR) is 83.0 cm³/mol. The number of benzene rings is 1. The Morgan fingerprint density at radius 3 is 2.67 bits per heavy atom. The minimum atomic E-state index is -4.57. The summed E-state index contributed by atoms with van der Waals surface area (Å²) < 4.78 is 44.4. The van der Waals surface area contributed by atoms with Gasteiger partial charge < -0.3 is 9.72 Å². The first kappa shape index (κ1) is 17.9. The maximum Gasteiger partial charge on any atom is 0.416 e. The molecule has 0 spiro atoms. The molecule has 0 saturated heterocycles. The summed E-state index contributed by atoms with van der Waals surface area (Å²) in [7, 11) is 0. The van der Waals surface area contributed by atoms with Crippen LogP contribution in [0.2, 0.25) is 0 Å². The third kappa shape index (κ3) is 3.54. The highest BCUT2D eigenvalue weighted by molar-refractivity contribution is 7.98. The molecule has 0 aliphatic rings. The van der Waals surface area contributed by atoms with Gasteiger partial charge in [-0.25, -0.2) is 4.98 Å². The number of nitrogens with zero attached hydrogens (tertiary/aromatic N) is 2. The standard InChI is InChI=1S/C15H12F3N3O2S/c1-3-23-11-5-4-8(15(16,17)18)6-9(11)12-10(7-19)13(22)21-14(20-12)24-2/h4-6H,3H2,1-2H3,(H,20,21,22).